The summed E-state index contributed by atoms with van der Waals surface area (Å²) in [5.74, 6) is -0.162. The number of rotatable bonds is 5. The van der Waals surface area contributed by atoms with Crippen LogP contribution in [0, 0.1) is 6.92 Å². The number of nitrogens with zero attached hydrogens (tertiary/aromatic N) is 1. The van der Waals surface area contributed by atoms with Crippen molar-refractivity contribution in [2.75, 3.05) is 31.5 Å². The van der Waals surface area contributed by atoms with Crippen molar-refractivity contribution in [2.45, 2.75) is 19.8 Å². The minimum atomic E-state index is -0.168. The lowest BCUT2D eigenvalue weighted by Gasteiger charge is -2.15. The third-order valence-corrected chi connectivity index (χ3v) is 3.37. The van der Waals surface area contributed by atoms with E-state index in [-0.39, 0.29) is 24.9 Å². The van der Waals surface area contributed by atoms with Crippen molar-refractivity contribution in [2.24, 2.45) is 0 Å². The molecule has 2 amide bonds. The van der Waals surface area contributed by atoms with Crippen molar-refractivity contribution in [3.05, 3.63) is 29.8 Å². The number of likely N-dealkylation sites (tertiary alicyclic amines) is 1. The molecule has 2 N–H and O–H groups in total. The Morgan fingerprint density at radius 1 is 1.20 bits per heavy atom. The first kappa shape index (κ1) is 14.4. The lowest BCUT2D eigenvalue weighted by molar-refractivity contribution is -0.131. The van der Waals surface area contributed by atoms with E-state index in [1.165, 1.54) is 0 Å². The van der Waals surface area contributed by atoms with Gasteiger partial charge in [-0.2, -0.15) is 0 Å². The van der Waals surface area contributed by atoms with Gasteiger partial charge < -0.3 is 15.5 Å². The van der Waals surface area contributed by atoms with Gasteiger partial charge in [0.1, 0.15) is 0 Å². The van der Waals surface area contributed by atoms with Crippen molar-refractivity contribution in [3.63, 3.8) is 0 Å². The van der Waals surface area contributed by atoms with Crippen LogP contribution < -0.4 is 10.6 Å². The van der Waals surface area contributed by atoms with E-state index in [0.717, 1.165) is 37.2 Å². The van der Waals surface area contributed by atoms with E-state index in [2.05, 4.69) is 10.6 Å². The van der Waals surface area contributed by atoms with E-state index >= 15 is 0 Å². The Labute approximate surface area is 119 Å². The number of aryl methyl sites for hydroxylation is 1. The fourth-order valence-electron chi connectivity index (χ4n) is 2.25. The zero-order chi connectivity index (χ0) is 14.4. The van der Waals surface area contributed by atoms with Crippen LogP contribution in [0.2, 0.25) is 0 Å². The van der Waals surface area contributed by atoms with Crippen LogP contribution >= 0.6 is 0 Å². The molecule has 5 nitrogen and oxygen atoms in total. The molecule has 1 fully saturated rings. The van der Waals surface area contributed by atoms with Gasteiger partial charge in [0.15, 0.2) is 0 Å². The van der Waals surface area contributed by atoms with Crippen LogP contribution in [0.3, 0.4) is 0 Å². The molecular weight excluding hydrogens is 254 g/mol. The molecule has 0 aromatic heterocycles. The molecule has 0 atom stereocenters. The molecule has 0 unspecified atom stereocenters. The largest absolute Gasteiger partial charge is 0.376 e. The van der Waals surface area contributed by atoms with Gasteiger partial charge in [0.25, 0.3) is 0 Å². The molecule has 1 saturated heterocycles. The van der Waals surface area contributed by atoms with Gasteiger partial charge in [-0.1, -0.05) is 12.1 Å². The Bertz CT molecular complexity index is 482. The Morgan fingerprint density at radius 2 is 1.95 bits per heavy atom. The number of benzene rings is 1. The smallest absolute Gasteiger partial charge is 0.241 e. The molecule has 1 heterocycles. The lowest BCUT2D eigenvalue weighted by atomic mass is 10.2. The van der Waals surface area contributed by atoms with Gasteiger partial charge >= 0.3 is 0 Å². The summed E-state index contributed by atoms with van der Waals surface area (Å²) in [5, 5.41) is 5.69. The van der Waals surface area contributed by atoms with E-state index in [1.54, 1.807) is 4.90 Å². The van der Waals surface area contributed by atoms with Crippen molar-refractivity contribution >= 4 is 17.5 Å². The van der Waals surface area contributed by atoms with Crippen molar-refractivity contribution in [1.29, 1.82) is 0 Å². The predicted molar refractivity (Wildman–Crippen MR) is 78.5 cm³/mol. The third kappa shape index (κ3) is 4.26. The molecule has 5 heteroatoms. The van der Waals surface area contributed by atoms with Crippen molar-refractivity contribution < 1.29 is 9.59 Å². The molecule has 108 valence electrons. The van der Waals surface area contributed by atoms with Crippen LogP contribution in [0.1, 0.15) is 18.4 Å². The highest BCUT2D eigenvalue weighted by Crippen LogP contribution is 2.09. The van der Waals surface area contributed by atoms with E-state index in [1.807, 2.05) is 31.2 Å². The molecule has 0 radical (unpaired) electrons. The Hall–Kier alpha value is -2.04. The summed E-state index contributed by atoms with van der Waals surface area (Å²) in [6.45, 7) is 3.90. The first-order valence-electron chi connectivity index (χ1n) is 7.00. The zero-order valence-corrected chi connectivity index (χ0v) is 11.8. The first-order valence-corrected chi connectivity index (χ1v) is 7.00. The van der Waals surface area contributed by atoms with Gasteiger partial charge in [0, 0.05) is 18.8 Å². The highest BCUT2D eigenvalue weighted by Gasteiger charge is 2.17. The molecule has 2 rings (SSSR count). The summed E-state index contributed by atoms with van der Waals surface area (Å²) in [5.41, 5.74) is 2.05. The summed E-state index contributed by atoms with van der Waals surface area (Å²) in [7, 11) is 0. The van der Waals surface area contributed by atoms with Crippen LogP contribution in [0.4, 0.5) is 5.69 Å². The highest BCUT2D eigenvalue weighted by molar-refractivity contribution is 5.86. The molecule has 0 aliphatic carbocycles. The maximum Gasteiger partial charge on any atom is 0.241 e. The molecule has 0 saturated carbocycles. The SMILES string of the molecule is Cc1cccc(NCC(=O)NCC(=O)N2CCCC2)c1. The van der Waals surface area contributed by atoms with Gasteiger partial charge in [0.2, 0.25) is 11.8 Å². The molecule has 1 aliphatic rings. The average Bonchev–Trinajstić information content (AvgIpc) is 2.97. The highest BCUT2D eigenvalue weighted by atomic mass is 16.2. The fraction of sp³-hybridized carbons (Fsp3) is 0.467. The summed E-state index contributed by atoms with van der Waals surface area (Å²) in [6.07, 6.45) is 2.13. The number of nitrogens with one attached hydrogen (secondary N) is 2. The monoisotopic (exact) mass is 275 g/mol. The standard InChI is InChI=1S/C15H21N3O2/c1-12-5-4-6-13(9-12)16-10-14(19)17-11-15(20)18-7-2-3-8-18/h4-6,9,16H,2-3,7-8,10-11H2,1H3,(H,17,19). The van der Waals surface area contributed by atoms with Crippen molar-refractivity contribution in [3.8, 4) is 0 Å². The van der Waals surface area contributed by atoms with Crippen LogP contribution in [0.5, 0.6) is 0 Å². The van der Waals surface area contributed by atoms with E-state index in [9.17, 15) is 9.59 Å². The van der Waals surface area contributed by atoms with Crippen molar-refractivity contribution in [1.82, 2.24) is 10.2 Å². The maximum atomic E-state index is 11.8. The quantitative estimate of drug-likeness (QED) is 0.847. The summed E-state index contributed by atoms with van der Waals surface area (Å²) in [6, 6.07) is 7.82. The molecule has 1 aromatic carbocycles. The number of hydrogen-bond donors (Lipinski definition) is 2. The topological polar surface area (TPSA) is 61.4 Å². The second-order valence-electron chi connectivity index (χ2n) is 5.09. The Kier molecular flexibility index (Phi) is 4.98. The maximum absolute atomic E-state index is 11.8. The second-order valence-corrected chi connectivity index (χ2v) is 5.09. The molecule has 0 bridgehead atoms. The second kappa shape index (κ2) is 6.93. The minimum Gasteiger partial charge on any atom is -0.376 e. The first-order chi connectivity index (χ1) is 9.65. The number of carbonyl (C=O) groups is 2. The fourth-order valence-corrected chi connectivity index (χ4v) is 2.25. The number of anilines is 1. The van der Waals surface area contributed by atoms with Gasteiger partial charge in [-0.3, -0.25) is 9.59 Å². The van der Waals surface area contributed by atoms with E-state index < -0.39 is 0 Å². The third-order valence-electron chi connectivity index (χ3n) is 3.37. The molecule has 1 aromatic rings. The minimum absolute atomic E-state index is 0.00593. The Morgan fingerprint density at radius 3 is 2.65 bits per heavy atom. The number of hydrogen-bond acceptors (Lipinski definition) is 3. The lowest BCUT2D eigenvalue weighted by Crippen LogP contribution is -2.40. The van der Waals surface area contributed by atoms with Crippen LogP contribution in [0.15, 0.2) is 24.3 Å². The summed E-state index contributed by atoms with van der Waals surface area (Å²) < 4.78 is 0. The van der Waals surface area contributed by atoms with Crippen LogP contribution in [0.25, 0.3) is 0 Å². The number of carbonyl (C=O) groups excluding carboxylic acids is 2. The van der Waals surface area contributed by atoms with Gasteiger partial charge in [-0.05, 0) is 37.5 Å². The Balaban J connectivity index is 1.69. The number of amides is 2. The summed E-state index contributed by atoms with van der Waals surface area (Å²) >= 11 is 0. The van der Waals surface area contributed by atoms with Crippen LogP contribution in [-0.2, 0) is 9.59 Å². The predicted octanol–water partition coefficient (Wildman–Crippen LogP) is 1.15. The molecule has 0 spiro atoms. The molecular formula is C15H21N3O2. The van der Waals surface area contributed by atoms with Crippen LogP contribution in [-0.4, -0.2) is 42.9 Å². The zero-order valence-electron chi connectivity index (χ0n) is 11.8. The average molecular weight is 275 g/mol. The normalized spacial score (nSPS) is 14.2. The van der Waals surface area contributed by atoms with Gasteiger partial charge in [-0.15, -0.1) is 0 Å². The van der Waals surface area contributed by atoms with Gasteiger partial charge in [-0.25, -0.2) is 0 Å². The summed E-state index contributed by atoms with van der Waals surface area (Å²) in [4.78, 5) is 25.2. The van der Waals surface area contributed by atoms with E-state index in [4.69, 9.17) is 0 Å². The molecule has 20 heavy (non-hydrogen) atoms. The van der Waals surface area contributed by atoms with E-state index in [0.29, 0.717) is 0 Å². The van der Waals surface area contributed by atoms with Gasteiger partial charge in [0.05, 0.1) is 13.1 Å². The molecule has 1 aliphatic heterocycles.